The van der Waals surface area contributed by atoms with Gasteiger partial charge in [0.2, 0.25) is 0 Å². The quantitative estimate of drug-likeness (QED) is 0.325. The summed E-state index contributed by atoms with van der Waals surface area (Å²) in [5, 5.41) is 18.3. The number of hydrogen-bond donors (Lipinski definition) is 3. The average Bonchev–Trinajstić information content (AvgIpc) is 2.88. The molecule has 1 aliphatic rings. The van der Waals surface area contributed by atoms with E-state index in [9.17, 15) is 5.11 Å². The van der Waals surface area contributed by atoms with Crippen LogP contribution in [0.1, 0.15) is 40.4 Å². The molecule has 0 amide bonds. The summed E-state index contributed by atoms with van der Waals surface area (Å²) >= 11 is 0. The molecule has 3 aromatic carbocycles. The van der Waals surface area contributed by atoms with E-state index in [1.807, 2.05) is 31.2 Å². The maximum absolute atomic E-state index is 10.4. The Morgan fingerprint density at radius 3 is 2.63 bits per heavy atom. The molecule has 4 aromatic rings. The van der Waals surface area contributed by atoms with Crippen molar-refractivity contribution in [2.45, 2.75) is 45.9 Å². The van der Waals surface area contributed by atoms with Gasteiger partial charge in [-0.25, -0.2) is 0 Å². The number of likely N-dealkylation sites (N-methyl/N-ethyl adjacent to an activating group) is 1. The molecule has 5 rings (SSSR count). The first kappa shape index (κ1) is 23.3. The summed E-state index contributed by atoms with van der Waals surface area (Å²) in [6.45, 7) is 6.47. The van der Waals surface area contributed by atoms with Gasteiger partial charge in [-0.15, -0.1) is 0 Å². The number of anilines is 1. The summed E-state index contributed by atoms with van der Waals surface area (Å²) in [5.41, 5.74) is 9.38. The van der Waals surface area contributed by atoms with Crippen molar-refractivity contribution in [3.05, 3.63) is 100 Å². The Balaban J connectivity index is 1.17. The highest BCUT2D eigenvalue weighted by atomic mass is 16.3. The third-order valence-electron chi connectivity index (χ3n) is 6.90. The Morgan fingerprint density at radius 2 is 1.77 bits per heavy atom. The SMILES string of the molecule is CCc1ccc2nc(CNCc3cccc(CNc4ccc5c(c4)CN(C)CC5)c3)ccc2c1O. The van der Waals surface area contributed by atoms with Gasteiger partial charge in [0.15, 0.2) is 0 Å². The highest BCUT2D eigenvalue weighted by Gasteiger charge is 2.13. The minimum atomic E-state index is 0.352. The predicted octanol–water partition coefficient (Wildman–Crippen LogP) is 5.39. The topological polar surface area (TPSA) is 60.4 Å². The van der Waals surface area contributed by atoms with Crippen molar-refractivity contribution in [3.8, 4) is 5.75 Å². The number of hydrogen-bond acceptors (Lipinski definition) is 5. The Bertz CT molecular complexity index is 1330. The number of fused-ring (bicyclic) bond motifs is 2. The molecule has 0 aliphatic carbocycles. The molecular formula is C30H34N4O. The number of benzene rings is 3. The van der Waals surface area contributed by atoms with Crippen molar-refractivity contribution in [2.75, 3.05) is 18.9 Å². The van der Waals surface area contributed by atoms with Gasteiger partial charge in [-0.05, 0) is 78.0 Å². The van der Waals surface area contributed by atoms with Crippen molar-refractivity contribution in [3.63, 3.8) is 0 Å². The molecule has 0 unspecified atom stereocenters. The van der Waals surface area contributed by atoms with E-state index in [1.165, 1.54) is 27.9 Å². The fourth-order valence-corrected chi connectivity index (χ4v) is 4.86. The molecule has 1 aromatic heterocycles. The Hall–Kier alpha value is -3.41. The van der Waals surface area contributed by atoms with E-state index in [1.54, 1.807) is 0 Å². The molecule has 0 spiro atoms. The largest absolute Gasteiger partial charge is 0.507 e. The zero-order valence-corrected chi connectivity index (χ0v) is 20.6. The van der Waals surface area contributed by atoms with Gasteiger partial charge >= 0.3 is 0 Å². The minimum absolute atomic E-state index is 0.352. The zero-order valence-electron chi connectivity index (χ0n) is 20.6. The molecule has 5 heteroatoms. The number of aromatic nitrogens is 1. The predicted molar refractivity (Wildman–Crippen MR) is 144 cm³/mol. The van der Waals surface area contributed by atoms with Crippen LogP contribution in [0.15, 0.2) is 66.7 Å². The summed E-state index contributed by atoms with van der Waals surface area (Å²) in [6, 6.07) is 23.4. The highest BCUT2D eigenvalue weighted by molar-refractivity contribution is 5.86. The molecule has 3 N–H and O–H groups in total. The summed E-state index contributed by atoms with van der Waals surface area (Å²) in [7, 11) is 2.19. The van der Waals surface area contributed by atoms with E-state index >= 15 is 0 Å². The van der Waals surface area contributed by atoms with Crippen molar-refractivity contribution in [1.82, 2.24) is 15.2 Å². The van der Waals surface area contributed by atoms with Crippen molar-refractivity contribution in [1.29, 1.82) is 0 Å². The maximum atomic E-state index is 10.4. The summed E-state index contributed by atoms with van der Waals surface area (Å²) in [5.74, 6) is 0.352. The molecule has 0 bridgehead atoms. The second-order valence-corrected chi connectivity index (χ2v) is 9.54. The number of phenols is 1. The molecule has 0 atom stereocenters. The maximum Gasteiger partial charge on any atom is 0.128 e. The molecular weight excluding hydrogens is 432 g/mol. The fourth-order valence-electron chi connectivity index (χ4n) is 4.86. The monoisotopic (exact) mass is 466 g/mol. The van der Waals surface area contributed by atoms with Crippen molar-refractivity contribution < 1.29 is 5.11 Å². The summed E-state index contributed by atoms with van der Waals surface area (Å²) in [6.07, 6.45) is 1.95. The van der Waals surface area contributed by atoms with Crippen LogP contribution in [0.25, 0.3) is 10.9 Å². The Labute approximate surface area is 207 Å². The first-order valence-corrected chi connectivity index (χ1v) is 12.5. The van der Waals surface area contributed by atoms with Crippen LogP contribution in [0, 0.1) is 0 Å². The highest BCUT2D eigenvalue weighted by Crippen LogP contribution is 2.28. The standard InChI is InChI=1S/C30H34N4O/c1-3-23-8-12-29-28(30(23)35)11-10-27(33-29)19-31-17-21-5-4-6-22(15-21)18-32-26-9-7-24-13-14-34(2)20-25(24)16-26/h4-12,15-16,31-32,35H,3,13-14,17-20H2,1-2H3. The summed E-state index contributed by atoms with van der Waals surface area (Å²) in [4.78, 5) is 7.10. The number of phenolic OH excluding ortho intramolecular Hbond substituents is 1. The van der Waals surface area contributed by atoms with Crippen LogP contribution in [-0.4, -0.2) is 28.6 Å². The van der Waals surface area contributed by atoms with E-state index in [-0.39, 0.29) is 0 Å². The van der Waals surface area contributed by atoms with Gasteiger partial charge in [-0.1, -0.05) is 43.3 Å². The van der Waals surface area contributed by atoms with Crippen LogP contribution < -0.4 is 10.6 Å². The Morgan fingerprint density at radius 1 is 0.914 bits per heavy atom. The van der Waals surface area contributed by atoms with Gasteiger partial charge in [0.1, 0.15) is 5.75 Å². The van der Waals surface area contributed by atoms with Gasteiger partial charge in [0.25, 0.3) is 0 Å². The minimum Gasteiger partial charge on any atom is -0.507 e. The van der Waals surface area contributed by atoms with Crippen molar-refractivity contribution in [2.24, 2.45) is 0 Å². The number of aromatic hydroxyl groups is 1. The molecule has 35 heavy (non-hydrogen) atoms. The fraction of sp³-hybridized carbons (Fsp3) is 0.300. The van der Waals surface area contributed by atoms with Crippen LogP contribution in [-0.2, 0) is 39.0 Å². The molecule has 0 radical (unpaired) electrons. The van der Waals surface area contributed by atoms with Crippen molar-refractivity contribution >= 4 is 16.6 Å². The lowest BCUT2D eigenvalue weighted by Crippen LogP contribution is -2.26. The van der Waals surface area contributed by atoms with Gasteiger partial charge in [0.05, 0.1) is 11.2 Å². The lowest BCUT2D eigenvalue weighted by molar-refractivity contribution is 0.313. The lowest BCUT2D eigenvalue weighted by Gasteiger charge is -2.25. The molecule has 2 heterocycles. The molecule has 0 saturated heterocycles. The molecule has 1 aliphatic heterocycles. The summed E-state index contributed by atoms with van der Waals surface area (Å²) < 4.78 is 0. The first-order valence-electron chi connectivity index (χ1n) is 12.5. The molecule has 180 valence electrons. The first-order chi connectivity index (χ1) is 17.1. The van der Waals surface area contributed by atoms with E-state index in [4.69, 9.17) is 4.98 Å². The third-order valence-corrected chi connectivity index (χ3v) is 6.90. The number of nitrogens with one attached hydrogen (secondary N) is 2. The van der Waals surface area contributed by atoms with Crippen LogP contribution in [0.2, 0.25) is 0 Å². The van der Waals surface area contributed by atoms with E-state index in [2.05, 4.69) is 65.0 Å². The number of nitrogens with zero attached hydrogens (tertiary/aromatic N) is 2. The van der Waals surface area contributed by atoms with E-state index in [0.717, 1.165) is 61.2 Å². The second-order valence-electron chi connectivity index (χ2n) is 9.54. The number of aryl methyl sites for hydroxylation is 1. The van der Waals surface area contributed by atoms with Gasteiger partial charge in [-0.2, -0.15) is 0 Å². The smallest absolute Gasteiger partial charge is 0.128 e. The molecule has 0 fully saturated rings. The van der Waals surface area contributed by atoms with Crippen LogP contribution in [0.4, 0.5) is 5.69 Å². The molecule has 5 nitrogen and oxygen atoms in total. The lowest BCUT2D eigenvalue weighted by atomic mass is 9.99. The van der Waals surface area contributed by atoms with Crippen LogP contribution >= 0.6 is 0 Å². The van der Waals surface area contributed by atoms with E-state index < -0.39 is 0 Å². The normalized spacial score (nSPS) is 13.7. The number of pyridine rings is 1. The average molecular weight is 467 g/mol. The van der Waals surface area contributed by atoms with Gasteiger partial charge in [0, 0.05) is 43.8 Å². The van der Waals surface area contributed by atoms with E-state index in [0.29, 0.717) is 12.3 Å². The van der Waals surface area contributed by atoms with Gasteiger partial charge < -0.3 is 20.6 Å². The Kier molecular flexibility index (Phi) is 6.98. The van der Waals surface area contributed by atoms with Crippen LogP contribution in [0.3, 0.4) is 0 Å². The zero-order chi connectivity index (χ0) is 24.2. The molecule has 0 saturated carbocycles. The second kappa shape index (κ2) is 10.5. The van der Waals surface area contributed by atoms with Crippen LogP contribution in [0.5, 0.6) is 5.75 Å². The number of rotatable bonds is 8. The third kappa shape index (κ3) is 5.47. The van der Waals surface area contributed by atoms with Gasteiger partial charge in [-0.3, -0.25) is 4.98 Å².